The highest BCUT2D eigenvalue weighted by atomic mass is 16.6. The molecule has 0 saturated heterocycles. The average molecular weight is 262 g/mol. The zero-order valence-corrected chi connectivity index (χ0v) is 11.6. The van der Waals surface area contributed by atoms with Crippen molar-refractivity contribution in [2.75, 3.05) is 11.1 Å². The number of nitrogens with one attached hydrogen (secondary N) is 1. The van der Waals surface area contributed by atoms with Gasteiger partial charge in [0.05, 0.1) is 11.4 Å². The van der Waals surface area contributed by atoms with Crippen molar-refractivity contribution in [2.45, 2.75) is 52.0 Å². The van der Waals surface area contributed by atoms with Gasteiger partial charge in [-0.25, -0.2) is 4.63 Å². The molecule has 2 rings (SSSR count). The minimum atomic E-state index is 0.403. The van der Waals surface area contributed by atoms with Crippen molar-refractivity contribution >= 4 is 22.4 Å². The summed E-state index contributed by atoms with van der Waals surface area (Å²) < 4.78 is 4.76. The molecular weight excluding hydrogens is 240 g/mol. The van der Waals surface area contributed by atoms with Gasteiger partial charge < -0.3 is 11.1 Å². The van der Waals surface area contributed by atoms with Crippen LogP contribution in [0.1, 0.15) is 46.0 Å². The van der Waals surface area contributed by atoms with Crippen LogP contribution in [0.5, 0.6) is 0 Å². The molecule has 1 aromatic heterocycles. The minimum absolute atomic E-state index is 0.403. The topological polar surface area (TPSA) is 77.0 Å². The molecule has 0 aliphatic heterocycles. The molecule has 2 aromatic rings. The summed E-state index contributed by atoms with van der Waals surface area (Å²) in [6.07, 6.45) is 6.27. The molecule has 0 bridgehead atoms. The molecule has 19 heavy (non-hydrogen) atoms. The Labute approximate surface area is 113 Å². The number of nitrogens with zero attached hydrogens (tertiary/aromatic N) is 2. The van der Waals surface area contributed by atoms with Gasteiger partial charge in [-0.3, -0.25) is 0 Å². The summed E-state index contributed by atoms with van der Waals surface area (Å²) in [5, 5.41) is 11.2. The highest BCUT2D eigenvalue weighted by Gasteiger charge is 2.11. The van der Waals surface area contributed by atoms with E-state index in [0.29, 0.717) is 22.8 Å². The van der Waals surface area contributed by atoms with Gasteiger partial charge in [0.15, 0.2) is 11.0 Å². The number of unbranched alkanes of at least 4 members (excludes halogenated alkanes) is 3. The first-order valence-corrected chi connectivity index (χ1v) is 6.99. The molecule has 0 radical (unpaired) electrons. The molecule has 0 aliphatic carbocycles. The summed E-state index contributed by atoms with van der Waals surface area (Å²) in [5.41, 5.74) is 8.69. The number of anilines is 2. The number of fused-ring (bicyclic) bond motifs is 1. The first kappa shape index (κ1) is 13.6. The number of hydrogen-bond donors (Lipinski definition) is 2. The van der Waals surface area contributed by atoms with Crippen LogP contribution >= 0.6 is 0 Å². The van der Waals surface area contributed by atoms with E-state index in [-0.39, 0.29) is 0 Å². The van der Waals surface area contributed by atoms with Crippen molar-refractivity contribution in [1.29, 1.82) is 0 Å². The second-order valence-electron chi connectivity index (χ2n) is 5.06. The summed E-state index contributed by atoms with van der Waals surface area (Å²) in [4.78, 5) is 0. The summed E-state index contributed by atoms with van der Waals surface area (Å²) in [7, 11) is 0. The van der Waals surface area contributed by atoms with Gasteiger partial charge in [-0.1, -0.05) is 32.6 Å². The maximum Gasteiger partial charge on any atom is 0.160 e. The third-order valence-electron chi connectivity index (χ3n) is 3.34. The van der Waals surface area contributed by atoms with Crippen molar-refractivity contribution in [3.63, 3.8) is 0 Å². The van der Waals surface area contributed by atoms with E-state index in [9.17, 15) is 0 Å². The summed E-state index contributed by atoms with van der Waals surface area (Å²) in [6.45, 7) is 4.41. The number of rotatable bonds is 7. The Balaban J connectivity index is 1.97. The van der Waals surface area contributed by atoms with Crippen LogP contribution in [-0.4, -0.2) is 16.4 Å². The van der Waals surface area contributed by atoms with E-state index in [1.807, 2.05) is 12.1 Å². The lowest BCUT2D eigenvalue weighted by Crippen LogP contribution is -2.15. The van der Waals surface area contributed by atoms with Crippen molar-refractivity contribution in [3.8, 4) is 0 Å². The fourth-order valence-corrected chi connectivity index (χ4v) is 2.22. The zero-order chi connectivity index (χ0) is 13.7. The van der Waals surface area contributed by atoms with Gasteiger partial charge in [0, 0.05) is 6.04 Å². The lowest BCUT2D eigenvalue weighted by atomic mass is 10.1. The zero-order valence-electron chi connectivity index (χ0n) is 11.6. The third-order valence-corrected chi connectivity index (χ3v) is 3.34. The van der Waals surface area contributed by atoms with Gasteiger partial charge in [0.2, 0.25) is 0 Å². The number of nitrogens with two attached hydrogens (primary N) is 1. The molecule has 0 aliphatic rings. The Morgan fingerprint density at radius 2 is 2.00 bits per heavy atom. The fourth-order valence-electron chi connectivity index (χ4n) is 2.22. The Morgan fingerprint density at radius 1 is 1.21 bits per heavy atom. The first-order valence-electron chi connectivity index (χ1n) is 6.99. The van der Waals surface area contributed by atoms with Crippen molar-refractivity contribution in [1.82, 2.24) is 10.3 Å². The maximum absolute atomic E-state index is 5.82. The summed E-state index contributed by atoms with van der Waals surface area (Å²) in [5.74, 6) is 0. The van der Waals surface area contributed by atoms with E-state index >= 15 is 0 Å². The van der Waals surface area contributed by atoms with E-state index in [1.165, 1.54) is 25.7 Å². The summed E-state index contributed by atoms with van der Waals surface area (Å²) >= 11 is 0. The molecule has 104 valence electrons. The molecule has 1 aromatic carbocycles. The van der Waals surface area contributed by atoms with E-state index in [4.69, 9.17) is 10.4 Å². The van der Waals surface area contributed by atoms with Crippen LogP contribution in [-0.2, 0) is 0 Å². The Hall–Kier alpha value is -1.78. The second-order valence-corrected chi connectivity index (χ2v) is 5.06. The molecule has 0 amide bonds. The second kappa shape index (κ2) is 6.41. The maximum atomic E-state index is 5.82. The van der Waals surface area contributed by atoms with E-state index < -0.39 is 0 Å². The molecule has 1 heterocycles. The number of aromatic nitrogens is 2. The molecule has 5 heteroatoms. The Bertz CT molecular complexity index is 523. The van der Waals surface area contributed by atoms with Crippen molar-refractivity contribution in [3.05, 3.63) is 12.1 Å². The summed E-state index contributed by atoms with van der Waals surface area (Å²) in [6, 6.07) is 4.17. The highest BCUT2D eigenvalue weighted by Crippen LogP contribution is 2.26. The molecule has 0 saturated carbocycles. The van der Waals surface area contributed by atoms with Gasteiger partial charge >= 0.3 is 0 Å². The van der Waals surface area contributed by atoms with Gasteiger partial charge in [0.1, 0.15) is 0 Å². The molecule has 1 atom stereocenters. The van der Waals surface area contributed by atoms with Gasteiger partial charge in [-0.2, -0.15) is 0 Å². The fraction of sp³-hybridized carbons (Fsp3) is 0.571. The van der Waals surface area contributed by atoms with Gasteiger partial charge in [-0.15, -0.1) is 0 Å². The van der Waals surface area contributed by atoms with E-state index in [0.717, 1.165) is 12.1 Å². The molecule has 5 nitrogen and oxygen atoms in total. The van der Waals surface area contributed by atoms with Crippen LogP contribution in [0.4, 0.5) is 11.4 Å². The lowest BCUT2D eigenvalue weighted by molar-refractivity contribution is 0.315. The van der Waals surface area contributed by atoms with E-state index in [1.54, 1.807) is 0 Å². The van der Waals surface area contributed by atoms with Crippen LogP contribution in [0.2, 0.25) is 0 Å². The molecule has 0 fully saturated rings. The number of hydrogen-bond acceptors (Lipinski definition) is 5. The molecular formula is C14H22N4O. The van der Waals surface area contributed by atoms with Crippen molar-refractivity contribution < 1.29 is 4.63 Å². The van der Waals surface area contributed by atoms with E-state index in [2.05, 4.69) is 29.5 Å². The highest BCUT2D eigenvalue weighted by molar-refractivity contribution is 5.94. The smallest absolute Gasteiger partial charge is 0.160 e. The van der Waals surface area contributed by atoms with Crippen molar-refractivity contribution in [2.24, 2.45) is 0 Å². The van der Waals surface area contributed by atoms with Gasteiger partial charge in [0.25, 0.3) is 0 Å². The monoisotopic (exact) mass is 262 g/mol. The van der Waals surface area contributed by atoms with Crippen LogP contribution in [0.3, 0.4) is 0 Å². The van der Waals surface area contributed by atoms with Gasteiger partial charge in [-0.05, 0) is 35.8 Å². The largest absolute Gasteiger partial charge is 0.397 e. The average Bonchev–Trinajstić information content (AvgIpc) is 2.88. The van der Waals surface area contributed by atoms with Crippen LogP contribution in [0, 0.1) is 0 Å². The normalized spacial score (nSPS) is 12.7. The van der Waals surface area contributed by atoms with Crippen LogP contribution in [0.15, 0.2) is 16.8 Å². The minimum Gasteiger partial charge on any atom is -0.397 e. The predicted molar refractivity (Wildman–Crippen MR) is 78.1 cm³/mol. The first-order chi connectivity index (χ1) is 9.22. The van der Waals surface area contributed by atoms with Crippen LogP contribution in [0.25, 0.3) is 11.0 Å². The predicted octanol–water partition coefficient (Wildman–Crippen LogP) is 3.58. The SMILES string of the molecule is CCCCCCC(C)Nc1ccc(N)c2nonc12. The number of benzene rings is 1. The molecule has 1 unspecified atom stereocenters. The third kappa shape index (κ3) is 3.36. The Kier molecular flexibility index (Phi) is 4.60. The Morgan fingerprint density at radius 3 is 2.79 bits per heavy atom. The molecule has 0 spiro atoms. The quantitative estimate of drug-likeness (QED) is 0.589. The van der Waals surface area contributed by atoms with Crippen LogP contribution < -0.4 is 11.1 Å². The number of nitrogen functional groups attached to an aromatic ring is 1. The molecule has 3 N–H and O–H groups in total. The standard InChI is InChI=1S/C14H22N4O/c1-3-4-5-6-7-10(2)16-12-9-8-11(15)13-14(12)18-19-17-13/h8-10,16H,3-7,15H2,1-2H3. The lowest BCUT2D eigenvalue weighted by Gasteiger charge is -2.15.